The van der Waals surface area contributed by atoms with Crippen LogP contribution in [0.2, 0.25) is 5.02 Å². The molecule has 1 aromatic heterocycles. The van der Waals surface area contributed by atoms with Crippen molar-refractivity contribution in [3.8, 4) is 0 Å². The van der Waals surface area contributed by atoms with Crippen molar-refractivity contribution >= 4 is 46.9 Å². The van der Waals surface area contributed by atoms with Gasteiger partial charge in [0.25, 0.3) is 0 Å². The van der Waals surface area contributed by atoms with Gasteiger partial charge in [0.1, 0.15) is 10.6 Å². The number of ketones is 1. The van der Waals surface area contributed by atoms with Crippen LogP contribution in [0.5, 0.6) is 0 Å². The highest BCUT2D eigenvalue weighted by atomic mass is 35.5. The standard InChI is InChI=1S/C16H15ClN2O3S2/c1-3-22-15(21)12-8-18-16(23-2)19-14(12)24-9-13(20)10-4-6-11(17)7-5-10/h4-8H,3,9H2,1-2H3. The first kappa shape index (κ1) is 18.8. The molecule has 0 N–H and O–H groups in total. The summed E-state index contributed by atoms with van der Waals surface area (Å²) in [5.41, 5.74) is 0.826. The van der Waals surface area contributed by atoms with Crippen molar-refractivity contribution in [2.75, 3.05) is 18.6 Å². The minimum absolute atomic E-state index is 0.0733. The lowest BCUT2D eigenvalue weighted by atomic mass is 10.1. The lowest BCUT2D eigenvalue weighted by molar-refractivity contribution is 0.0520. The summed E-state index contributed by atoms with van der Waals surface area (Å²) < 4.78 is 5.01. The molecule has 0 saturated carbocycles. The molecule has 5 nitrogen and oxygen atoms in total. The Bertz CT molecular complexity index is 739. The van der Waals surface area contributed by atoms with Crippen molar-refractivity contribution in [1.29, 1.82) is 0 Å². The molecule has 0 bridgehead atoms. The van der Waals surface area contributed by atoms with E-state index in [9.17, 15) is 9.59 Å². The number of esters is 1. The molecule has 0 aliphatic heterocycles. The zero-order valence-electron chi connectivity index (χ0n) is 13.1. The molecule has 1 heterocycles. The van der Waals surface area contributed by atoms with Gasteiger partial charge >= 0.3 is 5.97 Å². The summed E-state index contributed by atoms with van der Waals surface area (Å²) in [6.07, 6.45) is 3.28. The van der Waals surface area contributed by atoms with Gasteiger partial charge in [-0.05, 0) is 37.4 Å². The van der Waals surface area contributed by atoms with Gasteiger partial charge in [-0.3, -0.25) is 4.79 Å². The average molecular weight is 383 g/mol. The highest BCUT2D eigenvalue weighted by molar-refractivity contribution is 8.00. The topological polar surface area (TPSA) is 69.2 Å². The van der Waals surface area contributed by atoms with Crippen molar-refractivity contribution in [3.63, 3.8) is 0 Å². The number of benzene rings is 1. The van der Waals surface area contributed by atoms with Crippen LogP contribution in [0.3, 0.4) is 0 Å². The Morgan fingerprint density at radius 2 is 1.96 bits per heavy atom. The molecule has 2 rings (SSSR count). The molecule has 0 aliphatic rings. The van der Waals surface area contributed by atoms with Gasteiger partial charge in [-0.1, -0.05) is 35.1 Å². The predicted octanol–water partition coefficient (Wildman–Crippen LogP) is 4.00. The Morgan fingerprint density at radius 3 is 2.58 bits per heavy atom. The molecule has 0 spiro atoms. The van der Waals surface area contributed by atoms with Crippen molar-refractivity contribution in [2.24, 2.45) is 0 Å². The predicted molar refractivity (Wildman–Crippen MR) is 96.3 cm³/mol. The number of hydrogen-bond acceptors (Lipinski definition) is 7. The van der Waals surface area contributed by atoms with Crippen LogP contribution in [-0.2, 0) is 4.74 Å². The third kappa shape index (κ3) is 4.96. The second-order valence-corrected chi connectivity index (χ2v) is 6.69. The van der Waals surface area contributed by atoms with E-state index in [1.165, 1.54) is 29.7 Å². The summed E-state index contributed by atoms with van der Waals surface area (Å²) in [6, 6.07) is 6.68. The highest BCUT2D eigenvalue weighted by Crippen LogP contribution is 2.24. The Labute approximate surface area is 153 Å². The normalized spacial score (nSPS) is 10.5. The van der Waals surface area contributed by atoms with Crippen molar-refractivity contribution in [3.05, 3.63) is 46.6 Å². The zero-order valence-corrected chi connectivity index (χ0v) is 15.5. The molecule has 0 unspecified atom stereocenters. The van der Waals surface area contributed by atoms with Gasteiger partial charge in [0.15, 0.2) is 10.9 Å². The number of halogens is 1. The van der Waals surface area contributed by atoms with Crippen LogP contribution in [-0.4, -0.2) is 40.3 Å². The van der Waals surface area contributed by atoms with E-state index in [0.29, 0.717) is 20.8 Å². The first-order valence-corrected chi connectivity index (χ1v) is 9.63. The molecule has 8 heteroatoms. The van der Waals surface area contributed by atoms with E-state index in [1.54, 1.807) is 31.2 Å². The summed E-state index contributed by atoms with van der Waals surface area (Å²) in [5, 5.41) is 1.55. The van der Waals surface area contributed by atoms with Crippen molar-refractivity contribution < 1.29 is 14.3 Å². The van der Waals surface area contributed by atoms with Gasteiger partial charge in [-0.15, -0.1) is 0 Å². The minimum atomic E-state index is -0.494. The molecule has 126 valence electrons. The van der Waals surface area contributed by atoms with Crippen molar-refractivity contribution in [1.82, 2.24) is 9.97 Å². The fourth-order valence-electron chi connectivity index (χ4n) is 1.76. The first-order chi connectivity index (χ1) is 11.5. The van der Waals surface area contributed by atoms with Crippen LogP contribution in [0.1, 0.15) is 27.6 Å². The number of aromatic nitrogens is 2. The molecule has 0 aliphatic carbocycles. The molecular formula is C16H15ClN2O3S2. The summed E-state index contributed by atoms with van der Waals surface area (Å²) in [4.78, 5) is 32.7. The van der Waals surface area contributed by atoms with Gasteiger partial charge in [0, 0.05) is 16.8 Å². The van der Waals surface area contributed by atoms with Crippen LogP contribution < -0.4 is 0 Å². The van der Waals surface area contributed by atoms with E-state index >= 15 is 0 Å². The number of ether oxygens (including phenoxy) is 1. The maximum Gasteiger partial charge on any atom is 0.342 e. The fraction of sp³-hybridized carbons (Fsp3) is 0.250. The Kier molecular flexibility index (Phi) is 7.08. The van der Waals surface area contributed by atoms with E-state index in [-0.39, 0.29) is 23.7 Å². The largest absolute Gasteiger partial charge is 0.462 e. The van der Waals surface area contributed by atoms with E-state index < -0.39 is 5.97 Å². The molecule has 1 aromatic carbocycles. The molecular weight excluding hydrogens is 368 g/mol. The summed E-state index contributed by atoms with van der Waals surface area (Å²) >= 11 is 8.37. The third-order valence-corrected chi connectivity index (χ3v) is 4.72. The van der Waals surface area contributed by atoms with E-state index in [2.05, 4.69) is 9.97 Å². The number of Topliss-reactive ketones (excluding diaryl/α,β-unsaturated/α-hetero) is 1. The van der Waals surface area contributed by atoms with E-state index in [0.717, 1.165) is 0 Å². The zero-order chi connectivity index (χ0) is 17.5. The van der Waals surface area contributed by atoms with Crippen LogP contribution >= 0.6 is 35.1 Å². The molecule has 24 heavy (non-hydrogen) atoms. The number of carbonyl (C=O) groups is 2. The second-order valence-electron chi connectivity index (χ2n) is 4.51. The van der Waals surface area contributed by atoms with Crippen LogP contribution in [0.25, 0.3) is 0 Å². The first-order valence-electron chi connectivity index (χ1n) is 7.04. The fourth-order valence-corrected chi connectivity index (χ4v) is 3.16. The van der Waals surface area contributed by atoms with Gasteiger partial charge < -0.3 is 4.74 Å². The molecule has 0 atom stereocenters. The van der Waals surface area contributed by atoms with E-state index in [4.69, 9.17) is 16.3 Å². The lowest BCUT2D eigenvalue weighted by Gasteiger charge is -2.08. The van der Waals surface area contributed by atoms with Gasteiger partial charge in [-0.25, -0.2) is 14.8 Å². The quantitative estimate of drug-likeness (QED) is 0.235. The Hall–Kier alpha value is -1.57. The Balaban J connectivity index is 2.16. The van der Waals surface area contributed by atoms with E-state index in [1.807, 2.05) is 6.26 Å². The smallest absolute Gasteiger partial charge is 0.342 e. The van der Waals surface area contributed by atoms with Gasteiger partial charge in [-0.2, -0.15) is 0 Å². The SMILES string of the molecule is CCOC(=O)c1cnc(SC)nc1SCC(=O)c1ccc(Cl)cc1. The molecule has 0 radical (unpaired) electrons. The summed E-state index contributed by atoms with van der Waals surface area (Å²) in [5.74, 6) is -0.416. The monoisotopic (exact) mass is 382 g/mol. The van der Waals surface area contributed by atoms with Gasteiger partial charge in [0.2, 0.25) is 0 Å². The third-order valence-electron chi connectivity index (χ3n) is 2.92. The van der Waals surface area contributed by atoms with Crippen LogP contribution in [0, 0.1) is 0 Å². The number of carbonyl (C=O) groups excluding carboxylic acids is 2. The average Bonchev–Trinajstić information content (AvgIpc) is 2.60. The molecule has 0 saturated heterocycles. The molecule has 0 amide bonds. The Morgan fingerprint density at radius 1 is 1.25 bits per heavy atom. The number of nitrogens with zero attached hydrogens (tertiary/aromatic N) is 2. The van der Waals surface area contributed by atoms with Crippen LogP contribution in [0.15, 0.2) is 40.6 Å². The number of thioether (sulfide) groups is 2. The van der Waals surface area contributed by atoms with Crippen LogP contribution in [0.4, 0.5) is 0 Å². The summed E-state index contributed by atoms with van der Waals surface area (Å²) in [7, 11) is 0. The minimum Gasteiger partial charge on any atom is -0.462 e. The number of rotatable bonds is 7. The molecule has 0 fully saturated rings. The lowest BCUT2D eigenvalue weighted by Crippen LogP contribution is -2.10. The van der Waals surface area contributed by atoms with Gasteiger partial charge in [0.05, 0.1) is 12.4 Å². The maximum atomic E-state index is 12.3. The summed E-state index contributed by atoms with van der Waals surface area (Å²) in [6.45, 7) is 1.99. The van der Waals surface area contributed by atoms with Crippen molar-refractivity contribution in [2.45, 2.75) is 17.1 Å². The molecule has 2 aromatic rings. The highest BCUT2D eigenvalue weighted by Gasteiger charge is 2.18. The second kappa shape index (κ2) is 9.05. The number of hydrogen-bond donors (Lipinski definition) is 0. The maximum absolute atomic E-state index is 12.3.